The monoisotopic (exact) mass is 441 g/mol. The molecule has 1 aromatic heterocycles. The van der Waals surface area contributed by atoms with Gasteiger partial charge in [0, 0.05) is 5.02 Å². The first-order valence-electron chi connectivity index (χ1n) is 6.42. The lowest BCUT2D eigenvalue weighted by Crippen LogP contribution is -2.22. The topological polar surface area (TPSA) is 94.3 Å². The smallest absolute Gasteiger partial charge is 0.359 e. The Morgan fingerprint density at radius 2 is 1.80 bits per heavy atom. The number of halogens is 5. The van der Waals surface area contributed by atoms with Gasteiger partial charge in [-0.05, 0) is 18.2 Å². The van der Waals surface area contributed by atoms with Crippen molar-refractivity contribution in [3.63, 3.8) is 0 Å². The first-order valence-corrected chi connectivity index (χ1v) is 8.31. The van der Waals surface area contributed by atoms with E-state index >= 15 is 0 Å². The maximum Gasteiger partial charge on any atom is 0.359 e. The number of nitrogens with one attached hydrogen (secondary N) is 1. The number of aromatic nitrogens is 1. The minimum Gasteiger partial charge on any atom is -0.451 e. The quantitative estimate of drug-likeness (QED) is 0.526. The van der Waals surface area contributed by atoms with Crippen LogP contribution in [0.1, 0.15) is 10.5 Å². The van der Waals surface area contributed by atoms with Crippen LogP contribution in [0.15, 0.2) is 18.2 Å². The maximum absolute atomic E-state index is 12.0. The Morgan fingerprint density at radius 3 is 2.44 bits per heavy atom. The number of hydrogen-bond acceptors (Lipinski definition) is 5. The number of ether oxygens (including phenoxy) is 1. The molecule has 11 heteroatoms. The largest absolute Gasteiger partial charge is 0.451 e. The van der Waals surface area contributed by atoms with Crippen LogP contribution in [-0.2, 0) is 9.53 Å². The summed E-state index contributed by atoms with van der Waals surface area (Å²) in [6.07, 6.45) is 0. The summed E-state index contributed by atoms with van der Waals surface area (Å²) < 4.78 is 4.83. The third-order valence-corrected chi connectivity index (χ3v) is 4.49. The number of carbonyl (C=O) groups excluding carboxylic acids is 2. The maximum atomic E-state index is 12.0. The molecule has 2 aromatic rings. The van der Waals surface area contributed by atoms with Gasteiger partial charge >= 0.3 is 5.97 Å². The Bertz CT molecular complexity index is 860. The summed E-state index contributed by atoms with van der Waals surface area (Å²) in [6, 6.07) is 4.49. The number of carbonyl (C=O) groups is 2. The van der Waals surface area contributed by atoms with Crippen LogP contribution in [-0.4, -0.2) is 23.5 Å². The molecule has 1 aromatic carbocycles. The van der Waals surface area contributed by atoms with Crippen molar-refractivity contribution < 1.29 is 14.3 Å². The van der Waals surface area contributed by atoms with Gasteiger partial charge in [-0.25, -0.2) is 9.78 Å². The highest BCUT2D eigenvalue weighted by molar-refractivity contribution is 6.46. The molecule has 0 spiro atoms. The van der Waals surface area contributed by atoms with Gasteiger partial charge in [0.2, 0.25) is 0 Å². The molecule has 1 amide bonds. The lowest BCUT2D eigenvalue weighted by Gasteiger charge is -2.10. The molecule has 0 atom stereocenters. The molecule has 0 saturated heterocycles. The fourth-order valence-corrected chi connectivity index (χ4v) is 2.68. The minimum absolute atomic E-state index is 0.0849. The van der Waals surface area contributed by atoms with E-state index in [1.54, 1.807) is 0 Å². The van der Waals surface area contributed by atoms with Gasteiger partial charge in [-0.1, -0.05) is 58.0 Å². The van der Waals surface area contributed by atoms with Crippen molar-refractivity contribution in [2.24, 2.45) is 0 Å². The molecule has 0 radical (unpaired) electrons. The lowest BCUT2D eigenvalue weighted by atomic mass is 10.3. The zero-order valence-corrected chi connectivity index (χ0v) is 15.9. The van der Waals surface area contributed by atoms with Gasteiger partial charge in [0.1, 0.15) is 5.02 Å². The van der Waals surface area contributed by atoms with Gasteiger partial charge < -0.3 is 15.8 Å². The molecule has 25 heavy (non-hydrogen) atoms. The highest BCUT2D eigenvalue weighted by Gasteiger charge is 2.21. The number of rotatable bonds is 4. The van der Waals surface area contributed by atoms with Crippen LogP contribution in [0.3, 0.4) is 0 Å². The Kier molecular flexibility index (Phi) is 6.59. The second-order valence-electron chi connectivity index (χ2n) is 4.54. The molecule has 0 unspecified atom stereocenters. The summed E-state index contributed by atoms with van der Waals surface area (Å²) in [5.41, 5.74) is 5.44. The van der Waals surface area contributed by atoms with Crippen molar-refractivity contribution in [3.8, 4) is 0 Å². The van der Waals surface area contributed by atoms with Crippen molar-refractivity contribution in [2.45, 2.75) is 0 Å². The van der Waals surface area contributed by atoms with Crippen LogP contribution in [0.25, 0.3) is 0 Å². The van der Waals surface area contributed by atoms with Crippen LogP contribution in [0.4, 0.5) is 11.4 Å². The Hall–Kier alpha value is -1.44. The van der Waals surface area contributed by atoms with Gasteiger partial charge in [0.25, 0.3) is 5.91 Å². The van der Waals surface area contributed by atoms with Crippen molar-refractivity contribution in [1.29, 1.82) is 0 Å². The molecule has 0 bridgehead atoms. The molecule has 132 valence electrons. The van der Waals surface area contributed by atoms with E-state index < -0.39 is 18.5 Å². The first kappa shape index (κ1) is 19.9. The minimum atomic E-state index is -0.993. The number of benzene rings is 1. The molecular formula is C14H8Cl5N3O3. The van der Waals surface area contributed by atoms with Crippen LogP contribution in [0, 0.1) is 0 Å². The molecule has 0 saturated carbocycles. The van der Waals surface area contributed by atoms with Gasteiger partial charge in [0.15, 0.2) is 17.5 Å². The summed E-state index contributed by atoms with van der Waals surface area (Å²) in [6.45, 7) is -0.615. The average molecular weight is 444 g/mol. The number of pyridine rings is 1. The first-order chi connectivity index (χ1) is 11.7. The van der Waals surface area contributed by atoms with Crippen molar-refractivity contribution in [1.82, 2.24) is 4.98 Å². The predicted molar refractivity (Wildman–Crippen MR) is 99.1 cm³/mol. The molecule has 0 aliphatic rings. The fraction of sp³-hybridized carbons (Fsp3) is 0.0714. The molecule has 2 rings (SSSR count). The summed E-state index contributed by atoms with van der Waals surface area (Å²) in [7, 11) is 0. The normalized spacial score (nSPS) is 10.4. The summed E-state index contributed by atoms with van der Waals surface area (Å²) in [5, 5.41) is 2.58. The van der Waals surface area contributed by atoms with Gasteiger partial charge in [-0.15, -0.1) is 0 Å². The third kappa shape index (κ3) is 4.80. The molecule has 1 heterocycles. The molecule has 3 N–H and O–H groups in total. The number of amides is 1. The second kappa shape index (κ2) is 8.29. The number of esters is 1. The zero-order chi connectivity index (χ0) is 18.7. The van der Waals surface area contributed by atoms with Gasteiger partial charge in [-0.3, -0.25) is 4.79 Å². The molecule has 0 aliphatic heterocycles. The highest BCUT2D eigenvalue weighted by Crippen LogP contribution is 2.34. The number of hydrogen-bond donors (Lipinski definition) is 2. The molecular weight excluding hydrogens is 435 g/mol. The Morgan fingerprint density at radius 1 is 1.12 bits per heavy atom. The van der Waals surface area contributed by atoms with E-state index in [-0.39, 0.29) is 31.6 Å². The Balaban J connectivity index is 2.04. The summed E-state index contributed by atoms with van der Waals surface area (Å²) in [5.74, 6) is -1.63. The standard InChI is InChI=1S/C14H8Cl5N3O3/c15-5-1-2-7(6(16)3-5)21-8(23)4-25-14(24)12-9(17)11(20)10(18)13(19)22-12/h1-3H,4H2,(H2,20,22)(H,21,23). The van der Waals surface area contributed by atoms with E-state index in [9.17, 15) is 9.59 Å². The Labute approximate surface area is 167 Å². The van der Waals surface area contributed by atoms with Crippen molar-refractivity contribution in [2.75, 3.05) is 17.7 Å². The lowest BCUT2D eigenvalue weighted by molar-refractivity contribution is -0.119. The van der Waals surface area contributed by atoms with E-state index in [1.165, 1.54) is 18.2 Å². The predicted octanol–water partition coefficient (Wildman–Crippen LogP) is 4.73. The highest BCUT2D eigenvalue weighted by atomic mass is 35.5. The molecule has 0 aliphatic carbocycles. The second-order valence-corrected chi connectivity index (χ2v) is 6.50. The number of nitrogen functional groups attached to an aromatic ring is 1. The van der Waals surface area contributed by atoms with Gasteiger partial charge in [-0.2, -0.15) is 0 Å². The van der Waals surface area contributed by atoms with Crippen LogP contribution in [0.5, 0.6) is 0 Å². The number of nitrogens with zero attached hydrogens (tertiary/aromatic N) is 1. The average Bonchev–Trinajstić information content (AvgIpc) is 2.56. The fourth-order valence-electron chi connectivity index (χ4n) is 1.64. The number of anilines is 2. The van der Waals surface area contributed by atoms with E-state index in [4.69, 9.17) is 68.5 Å². The summed E-state index contributed by atoms with van der Waals surface area (Å²) >= 11 is 29.1. The zero-order valence-electron chi connectivity index (χ0n) is 12.1. The van der Waals surface area contributed by atoms with Crippen LogP contribution >= 0.6 is 58.0 Å². The van der Waals surface area contributed by atoms with E-state index in [2.05, 4.69) is 10.3 Å². The molecule has 0 fully saturated rings. The van der Waals surface area contributed by atoms with Gasteiger partial charge in [0.05, 0.1) is 21.4 Å². The van der Waals surface area contributed by atoms with Crippen molar-refractivity contribution in [3.05, 3.63) is 49.1 Å². The van der Waals surface area contributed by atoms with Crippen molar-refractivity contribution >= 4 is 81.3 Å². The SMILES string of the molecule is Nc1c(Cl)c(Cl)nc(C(=O)OCC(=O)Nc2ccc(Cl)cc2Cl)c1Cl. The van der Waals surface area contributed by atoms with E-state index in [0.717, 1.165) is 0 Å². The molecule has 6 nitrogen and oxygen atoms in total. The number of nitrogens with two attached hydrogens (primary N) is 1. The van der Waals surface area contributed by atoms with E-state index in [1.807, 2.05) is 0 Å². The third-order valence-electron chi connectivity index (χ3n) is 2.80. The van der Waals surface area contributed by atoms with E-state index in [0.29, 0.717) is 10.7 Å². The van der Waals surface area contributed by atoms with Crippen LogP contribution in [0.2, 0.25) is 25.2 Å². The van der Waals surface area contributed by atoms with Crippen LogP contribution < -0.4 is 11.1 Å². The summed E-state index contributed by atoms with van der Waals surface area (Å²) in [4.78, 5) is 27.6.